The van der Waals surface area contributed by atoms with Gasteiger partial charge in [0, 0.05) is 4.75 Å². The molecular weight excluding hydrogens is 178 g/mol. The van der Waals surface area contributed by atoms with Crippen LogP contribution in [0.25, 0.3) is 0 Å². The summed E-state index contributed by atoms with van der Waals surface area (Å²) in [5.74, 6) is 2.20. The highest BCUT2D eigenvalue weighted by molar-refractivity contribution is 8.00. The molecule has 1 saturated carbocycles. The molecule has 1 heterocycles. The Hall–Kier alpha value is 0.310. The molecule has 1 aliphatic carbocycles. The quantitative estimate of drug-likeness (QED) is 0.703. The predicted molar refractivity (Wildman–Crippen MR) is 60.1 cm³/mol. The van der Waals surface area contributed by atoms with Gasteiger partial charge in [-0.25, -0.2) is 0 Å². The van der Waals surface area contributed by atoms with Crippen molar-refractivity contribution in [3.05, 3.63) is 0 Å². The molecule has 1 spiro atoms. The van der Waals surface area contributed by atoms with Gasteiger partial charge in [0.25, 0.3) is 0 Å². The Morgan fingerprint density at radius 1 is 1.23 bits per heavy atom. The van der Waals surface area contributed by atoms with Gasteiger partial charge in [0.15, 0.2) is 0 Å². The van der Waals surface area contributed by atoms with Gasteiger partial charge in [-0.2, -0.15) is 11.8 Å². The van der Waals surface area contributed by atoms with Crippen LogP contribution in [0.2, 0.25) is 0 Å². The second-order valence-corrected chi connectivity index (χ2v) is 6.25. The number of hydrogen-bond acceptors (Lipinski definition) is 2. The zero-order valence-electron chi connectivity index (χ0n) is 8.43. The van der Waals surface area contributed by atoms with Crippen molar-refractivity contribution in [2.24, 2.45) is 11.7 Å². The third kappa shape index (κ3) is 2.21. The molecule has 76 valence electrons. The van der Waals surface area contributed by atoms with E-state index in [1.54, 1.807) is 0 Å². The highest BCUT2D eigenvalue weighted by atomic mass is 32.2. The van der Waals surface area contributed by atoms with Crippen molar-refractivity contribution in [2.45, 2.75) is 49.7 Å². The molecule has 1 nitrogen and oxygen atoms in total. The Kier molecular flexibility index (Phi) is 3.20. The zero-order chi connectivity index (χ0) is 9.15. The van der Waals surface area contributed by atoms with Crippen LogP contribution in [-0.2, 0) is 0 Å². The minimum absolute atomic E-state index is 0.667. The fraction of sp³-hybridized carbons (Fsp3) is 1.00. The molecule has 1 saturated heterocycles. The summed E-state index contributed by atoms with van der Waals surface area (Å²) in [6, 6.07) is 0. The molecule has 0 aromatic carbocycles. The summed E-state index contributed by atoms with van der Waals surface area (Å²) < 4.78 is 0.667. The minimum Gasteiger partial charge on any atom is -0.330 e. The van der Waals surface area contributed by atoms with E-state index in [1.807, 2.05) is 0 Å². The average Bonchev–Trinajstić information content (AvgIpc) is 2.19. The topological polar surface area (TPSA) is 26.0 Å². The molecule has 2 fully saturated rings. The third-order valence-corrected chi connectivity index (χ3v) is 5.32. The first-order valence-electron chi connectivity index (χ1n) is 5.69. The Morgan fingerprint density at radius 3 is 2.69 bits per heavy atom. The van der Waals surface area contributed by atoms with Crippen LogP contribution in [0.5, 0.6) is 0 Å². The molecule has 1 aliphatic heterocycles. The van der Waals surface area contributed by atoms with Gasteiger partial charge in [0.05, 0.1) is 0 Å². The van der Waals surface area contributed by atoms with Crippen LogP contribution in [0.1, 0.15) is 44.9 Å². The summed E-state index contributed by atoms with van der Waals surface area (Å²) in [5, 5.41) is 0. The summed E-state index contributed by atoms with van der Waals surface area (Å²) in [5.41, 5.74) is 5.78. The van der Waals surface area contributed by atoms with Crippen LogP contribution in [0.4, 0.5) is 0 Å². The smallest absolute Gasteiger partial charge is 0.0163 e. The number of nitrogens with two attached hydrogens (primary N) is 1. The van der Waals surface area contributed by atoms with Crippen LogP contribution in [0.3, 0.4) is 0 Å². The summed E-state index contributed by atoms with van der Waals surface area (Å²) in [4.78, 5) is 0. The van der Waals surface area contributed by atoms with E-state index < -0.39 is 0 Å². The van der Waals surface area contributed by atoms with E-state index >= 15 is 0 Å². The molecule has 1 atom stereocenters. The molecule has 2 rings (SSSR count). The Balaban J connectivity index is 1.95. The highest BCUT2D eigenvalue weighted by Crippen LogP contribution is 2.48. The molecule has 2 N–H and O–H groups in total. The number of hydrogen-bond donors (Lipinski definition) is 1. The van der Waals surface area contributed by atoms with Crippen LogP contribution < -0.4 is 5.73 Å². The minimum atomic E-state index is 0.667. The fourth-order valence-corrected chi connectivity index (χ4v) is 4.69. The van der Waals surface area contributed by atoms with Crippen molar-refractivity contribution in [3.63, 3.8) is 0 Å². The van der Waals surface area contributed by atoms with Crippen molar-refractivity contribution in [3.8, 4) is 0 Å². The molecule has 0 aromatic rings. The van der Waals surface area contributed by atoms with Gasteiger partial charge in [0.1, 0.15) is 0 Å². The van der Waals surface area contributed by atoms with Gasteiger partial charge in [0.2, 0.25) is 0 Å². The second-order valence-electron chi connectivity index (χ2n) is 4.69. The maximum atomic E-state index is 5.78. The van der Waals surface area contributed by atoms with E-state index in [9.17, 15) is 0 Å². The van der Waals surface area contributed by atoms with Gasteiger partial charge in [-0.15, -0.1) is 0 Å². The summed E-state index contributed by atoms with van der Waals surface area (Å²) in [7, 11) is 0. The molecule has 1 unspecified atom stereocenters. The van der Waals surface area contributed by atoms with Gasteiger partial charge < -0.3 is 5.73 Å². The Morgan fingerprint density at radius 2 is 2.00 bits per heavy atom. The first-order chi connectivity index (χ1) is 6.35. The maximum Gasteiger partial charge on any atom is 0.0163 e. The SMILES string of the molecule is NCC1CCSC2(CCCCC2)C1. The lowest BCUT2D eigenvalue weighted by atomic mass is 9.80. The molecule has 0 aromatic heterocycles. The maximum absolute atomic E-state index is 5.78. The van der Waals surface area contributed by atoms with E-state index in [-0.39, 0.29) is 0 Å². The van der Waals surface area contributed by atoms with Crippen molar-refractivity contribution in [1.29, 1.82) is 0 Å². The molecule has 13 heavy (non-hydrogen) atoms. The van der Waals surface area contributed by atoms with E-state index in [4.69, 9.17) is 5.73 Å². The van der Waals surface area contributed by atoms with Crippen molar-refractivity contribution >= 4 is 11.8 Å². The summed E-state index contributed by atoms with van der Waals surface area (Å²) in [6.45, 7) is 0.919. The third-order valence-electron chi connectivity index (χ3n) is 3.69. The van der Waals surface area contributed by atoms with Gasteiger partial charge in [-0.3, -0.25) is 0 Å². The summed E-state index contributed by atoms with van der Waals surface area (Å²) in [6.07, 6.45) is 10.1. The molecule has 2 heteroatoms. The van der Waals surface area contributed by atoms with Crippen molar-refractivity contribution < 1.29 is 0 Å². The van der Waals surface area contributed by atoms with E-state index in [0.717, 1.165) is 12.5 Å². The van der Waals surface area contributed by atoms with E-state index in [1.165, 1.54) is 50.7 Å². The number of thioether (sulfide) groups is 1. The van der Waals surface area contributed by atoms with Crippen LogP contribution >= 0.6 is 11.8 Å². The van der Waals surface area contributed by atoms with Crippen LogP contribution in [-0.4, -0.2) is 17.0 Å². The first-order valence-corrected chi connectivity index (χ1v) is 6.67. The molecule has 0 amide bonds. The predicted octanol–water partition coefficient (Wildman–Crippen LogP) is 2.79. The fourth-order valence-electron chi connectivity index (χ4n) is 2.87. The first kappa shape index (κ1) is 9.85. The summed E-state index contributed by atoms with van der Waals surface area (Å²) >= 11 is 2.25. The average molecular weight is 199 g/mol. The van der Waals surface area contributed by atoms with Crippen LogP contribution in [0, 0.1) is 5.92 Å². The lowest BCUT2D eigenvalue weighted by Crippen LogP contribution is -2.37. The highest BCUT2D eigenvalue weighted by Gasteiger charge is 2.37. The van der Waals surface area contributed by atoms with Crippen molar-refractivity contribution in [2.75, 3.05) is 12.3 Å². The van der Waals surface area contributed by atoms with Crippen LogP contribution in [0.15, 0.2) is 0 Å². The Labute approximate surface area is 85.8 Å². The van der Waals surface area contributed by atoms with Gasteiger partial charge in [-0.05, 0) is 43.9 Å². The standard InChI is InChI=1S/C11H21NS/c12-9-10-4-7-13-11(8-10)5-2-1-3-6-11/h10H,1-9,12H2. The molecule has 0 radical (unpaired) electrons. The largest absolute Gasteiger partial charge is 0.330 e. The molecule has 0 bridgehead atoms. The van der Waals surface area contributed by atoms with E-state index in [0.29, 0.717) is 4.75 Å². The lowest BCUT2D eigenvalue weighted by molar-refractivity contribution is 0.309. The Bertz CT molecular complexity index is 158. The van der Waals surface area contributed by atoms with E-state index in [2.05, 4.69) is 11.8 Å². The van der Waals surface area contributed by atoms with Gasteiger partial charge in [-0.1, -0.05) is 19.3 Å². The monoisotopic (exact) mass is 199 g/mol. The zero-order valence-corrected chi connectivity index (χ0v) is 9.24. The lowest BCUT2D eigenvalue weighted by Gasteiger charge is -2.42. The van der Waals surface area contributed by atoms with Gasteiger partial charge >= 0.3 is 0 Å². The molecule has 2 aliphatic rings. The van der Waals surface area contributed by atoms with Crippen molar-refractivity contribution in [1.82, 2.24) is 0 Å². The number of rotatable bonds is 1. The second kappa shape index (κ2) is 4.22. The molecular formula is C11H21NS. The normalized spacial score (nSPS) is 33.5.